The topological polar surface area (TPSA) is 111 Å². The first-order chi connectivity index (χ1) is 11.5. The van der Waals surface area contributed by atoms with Gasteiger partial charge >= 0.3 is 11.9 Å². The standard InChI is InChI=1S/C16H24N2O6/c1-3-15(21)23-11-9-17-13(19)7-5-6-8-14(20)18-10-12-24-16(22)4-2/h3-4H,1-2,5-12H2,(H,17,19)(H,18,20). The maximum Gasteiger partial charge on any atom is 0.330 e. The summed E-state index contributed by atoms with van der Waals surface area (Å²) < 4.78 is 9.41. The van der Waals surface area contributed by atoms with E-state index in [1.165, 1.54) is 0 Å². The molecule has 134 valence electrons. The Hall–Kier alpha value is -2.64. The van der Waals surface area contributed by atoms with Crippen LogP contribution in [0.2, 0.25) is 0 Å². The number of carbonyl (C=O) groups is 4. The summed E-state index contributed by atoms with van der Waals surface area (Å²) in [7, 11) is 0. The van der Waals surface area contributed by atoms with Crippen molar-refractivity contribution in [2.75, 3.05) is 26.3 Å². The van der Waals surface area contributed by atoms with E-state index in [0.717, 1.165) is 12.2 Å². The Kier molecular flexibility index (Phi) is 12.4. The second kappa shape index (κ2) is 14.0. The summed E-state index contributed by atoms with van der Waals surface area (Å²) in [4.78, 5) is 44.5. The van der Waals surface area contributed by atoms with E-state index in [2.05, 4.69) is 23.8 Å². The summed E-state index contributed by atoms with van der Waals surface area (Å²) in [6.07, 6.45) is 3.82. The van der Waals surface area contributed by atoms with Gasteiger partial charge in [-0.1, -0.05) is 13.2 Å². The molecule has 0 saturated heterocycles. The van der Waals surface area contributed by atoms with Crippen LogP contribution in [-0.4, -0.2) is 50.1 Å². The van der Waals surface area contributed by atoms with Gasteiger partial charge in [-0.2, -0.15) is 0 Å². The Labute approximate surface area is 141 Å². The van der Waals surface area contributed by atoms with Crippen LogP contribution in [0.4, 0.5) is 0 Å². The van der Waals surface area contributed by atoms with Crippen molar-refractivity contribution in [2.24, 2.45) is 0 Å². The maximum absolute atomic E-state index is 11.5. The normalized spacial score (nSPS) is 9.50. The molecule has 0 spiro atoms. The molecule has 0 saturated carbocycles. The number of carbonyl (C=O) groups excluding carboxylic acids is 4. The second-order valence-corrected chi connectivity index (χ2v) is 4.65. The molecule has 0 aliphatic heterocycles. The van der Waals surface area contributed by atoms with E-state index < -0.39 is 11.9 Å². The number of hydrogen-bond acceptors (Lipinski definition) is 6. The van der Waals surface area contributed by atoms with Gasteiger partial charge in [-0.05, 0) is 12.8 Å². The number of hydrogen-bond donors (Lipinski definition) is 2. The Bertz CT molecular complexity index is 419. The highest BCUT2D eigenvalue weighted by atomic mass is 16.5. The first-order valence-corrected chi connectivity index (χ1v) is 7.61. The lowest BCUT2D eigenvalue weighted by molar-refractivity contribution is -0.138. The fourth-order valence-electron chi connectivity index (χ4n) is 1.55. The van der Waals surface area contributed by atoms with E-state index >= 15 is 0 Å². The Balaban J connectivity index is 3.50. The number of rotatable bonds is 13. The summed E-state index contributed by atoms with van der Waals surface area (Å²) in [5.74, 6) is -1.40. The van der Waals surface area contributed by atoms with Gasteiger partial charge in [0.15, 0.2) is 0 Å². The highest BCUT2D eigenvalue weighted by molar-refractivity contribution is 5.81. The summed E-state index contributed by atoms with van der Waals surface area (Å²) in [5.41, 5.74) is 0. The molecule has 0 rings (SSSR count). The van der Waals surface area contributed by atoms with E-state index in [-0.39, 0.29) is 38.1 Å². The van der Waals surface area contributed by atoms with Gasteiger partial charge in [0.1, 0.15) is 13.2 Å². The second-order valence-electron chi connectivity index (χ2n) is 4.65. The van der Waals surface area contributed by atoms with Crippen molar-refractivity contribution in [3.8, 4) is 0 Å². The maximum atomic E-state index is 11.5. The van der Waals surface area contributed by atoms with Crippen LogP contribution >= 0.6 is 0 Å². The van der Waals surface area contributed by atoms with E-state index in [9.17, 15) is 19.2 Å². The predicted molar refractivity (Wildman–Crippen MR) is 86.8 cm³/mol. The Morgan fingerprint density at radius 1 is 0.750 bits per heavy atom. The molecule has 0 bridgehead atoms. The average molecular weight is 340 g/mol. The lowest BCUT2D eigenvalue weighted by atomic mass is 10.2. The zero-order chi connectivity index (χ0) is 18.2. The molecule has 0 aromatic rings. The lowest BCUT2D eigenvalue weighted by Crippen LogP contribution is -2.28. The molecule has 0 aliphatic carbocycles. The summed E-state index contributed by atoms with van der Waals surface area (Å²) >= 11 is 0. The fourth-order valence-corrected chi connectivity index (χ4v) is 1.55. The van der Waals surface area contributed by atoms with Gasteiger partial charge in [0, 0.05) is 25.0 Å². The van der Waals surface area contributed by atoms with Crippen LogP contribution < -0.4 is 10.6 Å². The smallest absolute Gasteiger partial charge is 0.330 e. The molecule has 0 radical (unpaired) electrons. The first kappa shape index (κ1) is 21.4. The van der Waals surface area contributed by atoms with Crippen molar-refractivity contribution in [3.05, 3.63) is 25.3 Å². The highest BCUT2D eigenvalue weighted by Gasteiger charge is 2.04. The minimum Gasteiger partial charge on any atom is -0.461 e. The van der Waals surface area contributed by atoms with Gasteiger partial charge in [0.05, 0.1) is 13.1 Å². The molecule has 24 heavy (non-hydrogen) atoms. The van der Waals surface area contributed by atoms with Crippen LogP contribution in [0.5, 0.6) is 0 Å². The minimum absolute atomic E-state index is 0.0927. The molecule has 0 aromatic heterocycles. The van der Waals surface area contributed by atoms with Crippen molar-refractivity contribution in [2.45, 2.75) is 25.7 Å². The average Bonchev–Trinajstić information content (AvgIpc) is 2.58. The third-order valence-corrected chi connectivity index (χ3v) is 2.73. The third kappa shape index (κ3) is 13.1. The van der Waals surface area contributed by atoms with Crippen molar-refractivity contribution >= 4 is 23.8 Å². The molecule has 8 nitrogen and oxygen atoms in total. The lowest BCUT2D eigenvalue weighted by Gasteiger charge is -2.06. The summed E-state index contributed by atoms with van der Waals surface area (Å²) in [5, 5.41) is 5.20. The van der Waals surface area contributed by atoms with Crippen LogP contribution in [0, 0.1) is 0 Å². The highest BCUT2D eigenvalue weighted by Crippen LogP contribution is 1.99. The minimum atomic E-state index is -0.533. The molecule has 8 heteroatoms. The van der Waals surface area contributed by atoms with E-state index in [1.54, 1.807) is 0 Å². The number of ether oxygens (including phenoxy) is 2. The quantitative estimate of drug-likeness (QED) is 0.282. The predicted octanol–water partition coefficient (Wildman–Crippen LogP) is 0.238. The van der Waals surface area contributed by atoms with Crippen molar-refractivity contribution in [3.63, 3.8) is 0 Å². The van der Waals surface area contributed by atoms with E-state index in [4.69, 9.17) is 9.47 Å². The van der Waals surface area contributed by atoms with Gasteiger partial charge in [-0.15, -0.1) is 0 Å². The van der Waals surface area contributed by atoms with Gasteiger partial charge in [-0.3, -0.25) is 9.59 Å². The molecule has 0 aromatic carbocycles. The van der Waals surface area contributed by atoms with Crippen LogP contribution in [0.25, 0.3) is 0 Å². The Morgan fingerprint density at radius 3 is 1.46 bits per heavy atom. The van der Waals surface area contributed by atoms with Crippen molar-refractivity contribution < 1.29 is 28.7 Å². The SMILES string of the molecule is C=CC(=O)OCCNC(=O)CCCCC(=O)NCCOC(=O)C=C. The number of esters is 2. The third-order valence-electron chi connectivity index (χ3n) is 2.73. The van der Waals surface area contributed by atoms with Crippen LogP contribution in [0.3, 0.4) is 0 Å². The molecular formula is C16H24N2O6. The number of amides is 2. The van der Waals surface area contributed by atoms with Crippen LogP contribution in [-0.2, 0) is 28.7 Å². The molecule has 0 atom stereocenters. The monoisotopic (exact) mass is 340 g/mol. The molecule has 0 aliphatic rings. The van der Waals surface area contributed by atoms with Crippen molar-refractivity contribution in [1.29, 1.82) is 0 Å². The molecule has 0 heterocycles. The largest absolute Gasteiger partial charge is 0.461 e. The zero-order valence-corrected chi connectivity index (χ0v) is 13.7. The van der Waals surface area contributed by atoms with Crippen LogP contribution in [0.15, 0.2) is 25.3 Å². The Morgan fingerprint density at radius 2 is 1.12 bits per heavy atom. The first-order valence-electron chi connectivity index (χ1n) is 7.61. The van der Waals surface area contributed by atoms with Crippen LogP contribution in [0.1, 0.15) is 25.7 Å². The van der Waals surface area contributed by atoms with Gasteiger partial charge in [0.2, 0.25) is 11.8 Å². The van der Waals surface area contributed by atoms with Gasteiger partial charge in [-0.25, -0.2) is 9.59 Å². The van der Waals surface area contributed by atoms with E-state index in [1.807, 2.05) is 0 Å². The summed E-state index contributed by atoms with van der Waals surface area (Å²) in [6.45, 7) is 7.17. The molecular weight excluding hydrogens is 316 g/mol. The number of unbranched alkanes of at least 4 members (excludes halogenated alkanes) is 1. The molecule has 0 unspecified atom stereocenters. The number of nitrogens with one attached hydrogen (secondary N) is 2. The molecule has 0 fully saturated rings. The van der Waals surface area contributed by atoms with Crippen molar-refractivity contribution in [1.82, 2.24) is 10.6 Å². The molecule has 2 amide bonds. The fraction of sp³-hybridized carbons (Fsp3) is 0.500. The van der Waals surface area contributed by atoms with Gasteiger partial charge in [0.25, 0.3) is 0 Å². The molecule has 2 N–H and O–H groups in total. The summed E-state index contributed by atoms with van der Waals surface area (Å²) in [6, 6.07) is 0. The zero-order valence-electron chi connectivity index (χ0n) is 13.7. The van der Waals surface area contributed by atoms with E-state index in [0.29, 0.717) is 25.7 Å². The van der Waals surface area contributed by atoms with Gasteiger partial charge < -0.3 is 20.1 Å².